The van der Waals surface area contributed by atoms with E-state index in [1.54, 1.807) is 23.2 Å². The SMILES string of the molecule is O=C(c1cnc[nH]1)N1CCC(Cn2cnc(C3CC3)cc2=O)CC1. The Kier molecular flexibility index (Phi) is 3.92. The Morgan fingerprint density at radius 3 is 2.67 bits per heavy atom. The summed E-state index contributed by atoms with van der Waals surface area (Å²) in [5.74, 6) is 0.907. The van der Waals surface area contributed by atoms with Crippen molar-refractivity contribution in [2.45, 2.75) is 38.1 Å². The molecule has 7 nitrogen and oxygen atoms in total. The number of rotatable bonds is 4. The highest BCUT2D eigenvalue weighted by molar-refractivity contribution is 5.92. The van der Waals surface area contributed by atoms with Crippen molar-refractivity contribution >= 4 is 5.91 Å². The summed E-state index contributed by atoms with van der Waals surface area (Å²) >= 11 is 0. The van der Waals surface area contributed by atoms with Crippen molar-refractivity contribution in [3.8, 4) is 0 Å². The lowest BCUT2D eigenvalue weighted by Gasteiger charge is -2.31. The third-order valence-corrected chi connectivity index (χ3v) is 4.98. The molecule has 0 radical (unpaired) electrons. The molecule has 1 aliphatic carbocycles. The number of imidazole rings is 1. The molecule has 0 spiro atoms. The van der Waals surface area contributed by atoms with Crippen LogP contribution in [0.25, 0.3) is 0 Å². The number of aromatic amines is 1. The number of amides is 1. The fourth-order valence-electron chi connectivity index (χ4n) is 3.32. The topological polar surface area (TPSA) is 83.9 Å². The van der Waals surface area contributed by atoms with Crippen molar-refractivity contribution in [3.63, 3.8) is 0 Å². The number of aromatic nitrogens is 4. The molecule has 7 heteroatoms. The fraction of sp³-hybridized carbons (Fsp3) is 0.529. The summed E-state index contributed by atoms with van der Waals surface area (Å²) in [4.78, 5) is 37.5. The summed E-state index contributed by atoms with van der Waals surface area (Å²) in [5.41, 5.74) is 1.52. The van der Waals surface area contributed by atoms with Crippen molar-refractivity contribution in [2.75, 3.05) is 13.1 Å². The van der Waals surface area contributed by atoms with E-state index in [4.69, 9.17) is 0 Å². The maximum absolute atomic E-state index is 12.3. The van der Waals surface area contributed by atoms with Gasteiger partial charge in [-0.1, -0.05) is 0 Å². The molecule has 3 heterocycles. The van der Waals surface area contributed by atoms with E-state index in [2.05, 4.69) is 15.0 Å². The van der Waals surface area contributed by atoms with Crippen LogP contribution in [0, 0.1) is 5.92 Å². The van der Waals surface area contributed by atoms with Gasteiger partial charge in [-0.15, -0.1) is 0 Å². The largest absolute Gasteiger partial charge is 0.341 e. The highest BCUT2D eigenvalue weighted by Crippen LogP contribution is 2.38. The minimum atomic E-state index is -0.00132. The number of hydrogen-bond acceptors (Lipinski definition) is 4. The molecule has 0 atom stereocenters. The molecular formula is C17H21N5O2. The fourth-order valence-corrected chi connectivity index (χ4v) is 3.32. The van der Waals surface area contributed by atoms with Gasteiger partial charge in [-0.2, -0.15) is 0 Å². The van der Waals surface area contributed by atoms with Gasteiger partial charge in [0.1, 0.15) is 5.69 Å². The molecule has 1 saturated carbocycles. The molecule has 4 rings (SSSR count). The van der Waals surface area contributed by atoms with Gasteiger partial charge in [0.15, 0.2) is 0 Å². The first-order valence-electron chi connectivity index (χ1n) is 8.55. The van der Waals surface area contributed by atoms with Gasteiger partial charge in [0, 0.05) is 31.6 Å². The molecule has 126 valence electrons. The summed E-state index contributed by atoms with van der Waals surface area (Å²) in [6.07, 6.45) is 8.87. The maximum atomic E-state index is 12.3. The Morgan fingerprint density at radius 1 is 1.25 bits per heavy atom. The number of carbonyl (C=O) groups excluding carboxylic acids is 1. The van der Waals surface area contributed by atoms with Gasteiger partial charge in [-0.25, -0.2) is 9.97 Å². The van der Waals surface area contributed by atoms with Crippen LogP contribution in [0.2, 0.25) is 0 Å². The lowest BCUT2D eigenvalue weighted by Crippen LogP contribution is -2.40. The van der Waals surface area contributed by atoms with Crippen LogP contribution in [0.4, 0.5) is 0 Å². The number of piperidine rings is 1. The third kappa shape index (κ3) is 3.11. The number of nitrogens with one attached hydrogen (secondary N) is 1. The van der Waals surface area contributed by atoms with E-state index >= 15 is 0 Å². The second-order valence-electron chi connectivity index (χ2n) is 6.78. The minimum Gasteiger partial charge on any atom is -0.341 e. The van der Waals surface area contributed by atoms with E-state index in [-0.39, 0.29) is 11.5 Å². The summed E-state index contributed by atoms with van der Waals surface area (Å²) in [6, 6.07) is 1.69. The third-order valence-electron chi connectivity index (χ3n) is 4.98. The first-order valence-corrected chi connectivity index (χ1v) is 8.55. The van der Waals surface area contributed by atoms with Crippen LogP contribution in [-0.4, -0.2) is 43.4 Å². The molecule has 1 amide bonds. The van der Waals surface area contributed by atoms with Gasteiger partial charge in [-0.05, 0) is 31.6 Å². The summed E-state index contributed by atoms with van der Waals surface area (Å²) in [6.45, 7) is 2.11. The van der Waals surface area contributed by atoms with Gasteiger partial charge < -0.3 is 9.88 Å². The van der Waals surface area contributed by atoms with Gasteiger partial charge in [0.2, 0.25) is 0 Å². The average Bonchev–Trinajstić information content (AvgIpc) is 3.31. The highest BCUT2D eigenvalue weighted by Gasteiger charge is 2.27. The van der Waals surface area contributed by atoms with Crippen molar-refractivity contribution in [3.05, 3.63) is 46.7 Å². The molecule has 0 unspecified atom stereocenters. The lowest BCUT2D eigenvalue weighted by molar-refractivity contribution is 0.0677. The molecule has 0 bridgehead atoms. The number of likely N-dealkylation sites (tertiary alicyclic amines) is 1. The molecule has 1 N–H and O–H groups in total. The van der Waals surface area contributed by atoms with Crippen molar-refractivity contribution < 1.29 is 4.79 Å². The van der Waals surface area contributed by atoms with Crippen LogP contribution < -0.4 is 5.56 Å². The number of carbonyl (C=O) groups is 1. The molecule has 2 aromatic rings. The standard InChI is InChI=1S/C17H21N5O2/c23-16-7-14(13-1-2-13)20-11-22(16)9-12-3-5-21(6-4-12)17(24)15-8-18-10-19-15/h7-8,10-13H,1-6,9H2,(H,18,19). The predicted molar refractivity (Wildman–Crippen MR) is 87.7 cm³/mol. The smallest absolute Gasteiger partial charge is 0.271 e. The molecular weight excluding hydrogens is 306 g/mol. The molecule has 2 fully saturated rings. The van der Waals surface area contributed by atoms with Crippen molar-refractivity contribution in [1.82, 2.24) is 24.4 Å². The zero-order valence-corrected chi connectivity index (χ0v) is 13.5. The molecule has 0 aromatic carbocycles. The van der Waals surface area contributed by atoms with Crippen molar-refractivity contribution in [2.24, 2.45) is 5.92 Å². The van der Waals surface area contributed by atoms with E-state index in [1.165, 1.54) is 6.33 Å². The molecule has 2 aliphatic rings. The van der Waals surface area contributed by atoms with Gasteiger partial charge >= 0.3 is 0 Å². The Labute approximate surface area is 139 Å². The van der Waals surface area contributed by atoms with Crippen molar-refractivity contribution in [1.29, 1.82) is 0 Å². The summed E-state index contributed by atoms with van der Waals surface area (Å²) in [7, 11) is 0. The minimum absolute atomic E-state index is 0.00132. The van der Waals surface area contributed by atoms with Crippen LogP contribution in [0.3, 0.4) is 0 Å². The van der Waals surface area contributed by atoms with E-state index in [0.29, 0.717) is 37.2 Å². The van der Waals surface area contributed by atoms with Crippen LogP contribution in [0.1, 0.15) is 47.8 Å². The van der Waals surface area contributed by atoms with E-state index in [0.717, 1.165) is 31.4 Å². The van der Waals surface area contributed by atoms with Crippen LogP contribution in [-0.2, 0) is 6.54 Å². The lowest BCUT2D eigenvalue weighted by atomic mass is 9.96. The Bertz CT molecular complexity index is 771. The normalized spacial score (nSPS) is 18.8. The summed E-state index contributed by atoms with van der Waals surface area (Å²) in [5, 5.41) is 0. The van der Waals surface area contributed by atoms with Gasteiger partial charge in [-0.3, -0.25) is 14.2 Å². The molecule has 2 aromatic heterocycles. The summed E-state index contributed by atoms with van der Waals surface area (Å²) < 4.78 is 1.71. The predicted octanol–water partition coefficient (Wildman–Crippen LogP) is 1.40. The first-order chi connectivity index (χ1) is 11.7. The molecule has 24 heavy (non-hydrogen) atoms. The second kappa shape index (κ2) is 6.22. The first kappa shape index (κ1) is 15.1. The van der Waals surface area contributed by atoms with Crippen LogP contribution in [0.5, 0.6) is 0 Å². The van der Waals surface area contributed by atoms with Gasteiger partial charge in [0.05, 0.1) is 24.5 Å². The van der Waals surface area contributed by atoms with Crippen LogP contribution >= 0.6 is 0 Å². The monoisotopic (exact) mass is 327 g/mol. The van der Waals surface area contributed by atoms with E-state index < -0.39 is 0 Å². The van der Waals surface area contributed by atoms with Gasteiger partial charge in [0.25, 0.3) is 11.5 Å². The Morgan fingerprint density at radius 2 is 2.04 bits per heavy atom. The number of nitrogens with zero attached hydrogens (tertiary/aromatic N) is 4. The Hall–Kier alpha value is -2.44. The van der Waals surface area contributed by atoms with Crippen LogP contribution in [0.15, 0.2) is 29.7 Å². The Balaban J connectivity index is 1.35. The zero-order valence-electron chi connectivity index (χ0n) is 13.5. The van der Waals surface area contributed by atoms with E-state index in [1.807, 2.05) is 4.90 Å². The number of H-pyrrole nitrogens is 1. The number of hydrogen-bond donors (Lipinski definition) is 1. The molecule has 1 saturated heterocycles. The molecule has 1 aliphatic heterocycles. The quantitative estimate of drug-likeness (QED) is 0.920. The maximum Gasteiger partial charge on any atom is 0.271 e. The highest BCUT2D eigenvalue weighted by atomic mass is 16.2. The average molecular weight is 327 g/mol. The zero-order chi connectivity index (χ0) is 16.5. The second-order valence-corrected chi connectivity index (χ2v) is 6.78. The van der Waals surface area contributed by atoms with E-state index in [9.17, 15) is 9.59 Å².